The van der Waals surface area contributed by atoms with E-state index in [0.29, 0.717) is 10.9 Å². The number of hydrogen-bond donors (Lipinski definition) is 3. The van der Waals surface area contributed by atoms with Crippen molar-refractivity contribution in [3.8, 4) is 0 Å². The van der Waals surface area contributed by atoms with Crippen LogP contribution in [0, 0.1) is 6.92 Å². The summed E-state index contributed by atoms with van der Waals surface area (Å²) in [5.74, 6) is 1.16. The van der Waals surface area contributed by atoms with E-state index in [1.807, 2.05) is 37.3 Å². The number of hydrazone groups is 1. The first-order chi connectivity index (χ1) is 14.6. The average Bonchev–Trinajstić information content (AvgIpc) is 3.11. The zero-order valence-corrected chi connectivity index (χ0v) is 18.1. The third-order valence-electron chi connectivity index (χ3n) is 5.80. The Morgan fingerprint density at radius 1 is 1.10 bits per heavy atom. The molecule has 6 nitrogen and oxygen atoms in total. The third kappa shape index (κ3) is 4.73. The fraction of sp³-hybridized carbons (Fsp3) is 0.435. The first-order valence-corrected chi connectivity index (χ1v) is 11.1. The lowest BCUT2D eigenvalue weighted by Gasteiger charge is -2.22. The van der Waals surface area contributed by atoms with Crippen LogP contribution in [0.2, 0.25) is 0 Å². The minimum Gasteiger partial charge on any atom is -0.455 e. The Kier molecular flexibility index (Phi) is 6.47. The number of rotatable bonds is 4. The van der Waals surface area contributed by atoms with E-state index < -0.39 is 0 Å². The Hall–Kier alpha value is -2.67. The quantitative estimate of drug-likeness (QED) is 0.491. The van der Waals surface area contributed by atoms with Gasteiger partial charge in [-0.15, -0.1) is 0 Å². The van der Waals surface area contributed by atoms with Gasteiger partial charge in [-0.3, -0.25) is 10.2 Å². The number of thiocarbonyl (C=S) groups is 1. The summed E-state index contributed by atoms with van der Waals surface area (Å²) in [5, 5.41) is 11.2. The molecule has 1 aromatic heterocycles. The summed E-state index contributed by atoms with van der Waals surface area (Å²) in [4.78, 5) is 12.8. The van der Waals surface area contributed by atoms with Crippen LogP contribution in [0.3, 0.4) is 0 Å². The van der Waals surface area contributed by atoms with E-state index in [4.69, 9.17) is 16.6 Å². The van der Waals surface area contributed by atoms with Crippen LogP contribution in [-0.2, 0) is 6.42 Å². The first kappa shape index (κ1) is 20.6. The van der Waals surface area contributed by atoms with Crippen LogP contribution >= 0.6 is 12.2 Å². The summed E-state index contributed by atoms with van der Waals surface area (Å²) >= 11 is 5.36. The SMILES string of the molecule is Cc1c(C(=O)NC2CCCCC2)oc2c1/C(=N/NC(=S)Nc1ccccc1)CCC2. The second kappa shape index (κ2) is 9.43. The molecule has 1 saturated carbocycles. The van der Waals surface area contributed by atoms with Gasteiger partial charge in [-0.25, -0.2) is 0 Å². The van der Waals surface area contributed by atoms with Gasteiger partial charge in [-0.05, 0) is 57.0 Å². The number of fused-ring (bicyclic) bond motifs is 1. The summed E-state index contributed by atoms with van der Waals surface area (Å²) in [6.07, 6.45) is 8.28. The summed E-state index contributed by atoms with van der Waals surface area (Å²) < 4.78 is 6.00. The number of furan rings is 1. The highest BCUT2D eigenvalue weighted by Crippen LogP contribution is 2.30. The third-order valence-corrected chi connectivity index (χ3v) is 5.99. The highest BCUT2D eigenvalue weighted by Gasteiger charge is 2.29. The number of aryl methyl sites for hydroxylation is 1. The van der Waals surface area contributed by atoms with Crippen molar-refractivity contribution in [2.24, 2.45) is 5.10 Å². The number of amides is 1. The number of anilines is 1. The maximum absolute atomic E-state index is 12.8. The molecular weight excluding hydrogens is 396 g/mol. The molecule has 0 bridgehead atoms. The van der Waals surface area contributed by atoms with E-state index in [9.17, 15) is 4.79 Å². The van der Waals surface area contributed by atoms with Crippen molar-refractivity contribution in [1.82, 2.24) is 10.7 Å². The van der Waals surface area contributed by atoms with Gasteiger partial charge in [-0.1, -0.05) is 37.5 Å². The van der Waals surface area contributed by atoms with E-state index in [0.717, 1.165) is 60.4 Å². The molecule has 1 aromatic carbocycles. The monoisotopic (exact) mass is 424 g/mol. The minimum atomic E-state index is -0.109. The molecule has 7 heteroatoms. The number of benzene rings is 1. The summed E-state index contributed by atoms with van der Waals surface area (Å²) in [6, 6.07) is 9.98. The summed E-state index contributed by atoms with van der Waals surface area (Å²) in [6.45, 7) is 1.94. The lowest BCUT2D eigenvalue weighted by atomic mass is 9.93. The summed E-state index contributed by atoms with van der Waals surface area (Å²) in [5.41, 5.74) is 6.53. The zero-order chi connectivity index (χ0) is 20.9. The molecule has 2 aromatic rings. The van der Waals surface area contributed by atoms with Gasteiger partial charge in [-0.2, -0.15) is 5.10 Å². The van der Waals surface area contributed by atoms with Crippen molar-refractivity contribution in [1.29, 1.82) is 0 Å². The van der Waals surface area contributed by atoms with Crippen molar-refractivity contribution in [3.63, 3.8) is 0 Å². The van der Waals surface area contributed by atoms with Crippen LogP contribution < -0.4 is 16.1 Å². The minimum absolute atomic E-state index is 0.109. The molecule has 2 aliphatic carbocycles. The van der Waals surface area contributed by atoms with Crippen LogP contribution in [0.15, 0.2) is 39.9 Å². The zero-order valence-electron chi connectivity index (χ0n) is 17.3. The van der Waals surface area contributed by atoms with Crippen LogP contribution in [0.1, 0.15) is 72.4 Å². The van der Waals surface area contributed by atoms with E-state index in [1.54, 1.807) is 0 Å². The largest absolute Gasteiger partial charge is 0.455 e. The number of hydrogen-bond acceptors (Lipinski definition) is 4. The van der Waals surface area contributed by atoms with Crippen molar-refractivity contribution >= 4 is 34.6 Å². The number of para-hydroxylation sites is 1. The van der Waals surface area contributed by atoms with Crippen LogP contribution in [0.4, 0.5) is 5.69 Å². The molecule has 0 aliphatic heterocycles. The van der Waals surface area contributed by atoms with E-state index in [-0.39, 0.29) is 11.9 Å². The van der Waals surface area contributed by atoms with Crippen LogP contribution in [0.5, 0.6) is 0 Å². The Labute approximate surface area is 182 Å². The highest BCUT2D eigenvalue weighted by molar-refractivity contribution is 7.80. The van der Waals surface area contributed by atoms with Gasteiger partial charge in [0.25, 0.3) is 5.91 Å². The molecule has 1 heterocycles. The average molecular weight is 425 g/mol. The van der Waals surface area contributed by atoms with E-state index >= 15 is 0 Å². The van der Waals surface area contributed by atoms with E-state index in [1.165, 1.54) is 19.3 Å². The topological polar surface area (TPSA) is 78.7 Å². The maximum atomic E-state index is 12.8. The molecule has 0 unspecified atom stereocenters. The molecule has 0 spiro atoms. The molecule has 30 heavy (non-hydrogen) atoms. The second-order valence-electron chi connectivity index (χ2n) is 8.01. The standard InChI is InChI=1S/C23H28N4O2S/c1-15-20-18(26-27-23(30)25-17-11-6-3-7-12-17)13-8-14-19(20)29-21(15)22(28)24-16-9-4-2-5-10-16/h3,6-7,11-12,16H,2,4-5,8-10,13-14H2,1H3,(H,24,28)(H2,25,27,30)/b26-18+. The van der Waals surface area contributed by atoms with Crippen molar-refractivity contribution < 1.29 is 9.21 Å². The van der Waals surface area contributed by atoms with Crippen LogP contribution in [-0.4, -0.2) is 22.8 Å². The lowest BCUT2D eigenvalue weighted by molar-refractivity contribution is 0.0897. The highest BCUT2D eigenvalue weighted by atomic mass is 32.1. The van der Waals surface area contributed by atoms with Gasteiger partial charge in [0, 0.05) is 29.3 Å². The Morgan fingerprint density at radius 3 is 2.63 bits per heavy atom. The van der Waals surface area contributed by atoms with Gasteiger partial charge < -0.3 is 15.1 Å². The van der Waals surface area contributed by atoms with Gasteiger partial charge in [0.15, 0.2) is 10.9 Å². The normalized spacial score (nSPS) is 18.0. The molecule has 0 saturated heterocycles. The fourth-order valence-corrected chi connectivity index (χ4v) is 4.46. The second-order valence-corrected chi connectivity index (χ2v) is 8.42. The number of nitrogens with one attached hydrogen (secondary N) is 3. The lowest BCUT2D eigenvalue weighted by Crippen LogP contribution is -2.36. The number of carbonyl (C=O) groups excluding carboxylic acids is 1. The number of carbonyl (C=O) groups is 1. The van der Waals surface area contributed by atoms with Gasteiger partial charge in [0.1, 0.15) is 5.76 Å². The van der Waals surface area contributed by atoms with Gasteiger partial charge in [0.2, 0.25) is 0 Å². The summed E-state index contributed by atoms with van der Waals surface area (Å²) in [7, 11) is 0. The molecule has 1 fully saturated rings. The molecular formula is C23H28N4O2S. The van der Waals surface area contributed by atoms with E-state index in [2.05, 4.69) is 21.2 Å². The Balaban J connectivity index is 1.47. The smallest absolute Gasteiger partial charge is 0.287 e. The van der Waals surface area contributed by atoms with Gasteiger partial charge in [0.05, 0.1) is 5.71 Å². The molecule has 0 radical (unpaired) electrons. The maximum Gasteiger partial charge on any atom is 0.287 e. The molecule has 1 amide bonds. The molecule has 3 N–H and O–H groups in total. The first-order valence-electron chi connectivity index (χ1n) is 10.7. The molecule has 0 atom stereocenters. The number of nitrogens with zero attached hydrogens (tertiary/aromatic N) is 1. The Bertz CT molecular complexity index is 946. The van der Waals surface area contributed by atoms with Gasteiger partial charge >= 0.3 is 0 Å². The fourth-order valence-electron chi connectivity index (χ4n) is 4.29. The molecule has 158 valence electrons. The Morgan fingerprint density at radius 2 is 1.87 bits per heavy atom. The predicted octanol–water partition coefficient (Wildman–Crippen LogP) is 4.68. The van der Waals surface area contributed by atoms with Crippen molar-refractivity contribution in [2.45, 2.75) is 64.3 Å². The molecule has 4 rings (SSSR count). The molecule has 2 aliphatic rings. The van der Waals surface area contributed by atoms with Crippen molar-refractivity contribution in [3.05, 3.63) is 53.0 Å². The predicted molar refractivity (Wildman–Crippen MR) is 123 cm³/mol. The van der Waals surface area contributed by atoms with Crippen LogP contribution in [0.25, 0.3) is 0 Å². The van der Waals surface area contributed by atoms with Crippen molar-refractivity contribution in [2.75, 3.05) is 5.32 Å².